The Morgan fingerprint density at radius 1 is 1.38 bits per heavy atom. The number of halogens is 1. The summed E-state index contributed by atoms with van der Waals surface area (Å²) in [5, 5.41) is 12.0. The van der Waals surface area contributed by atoms with Crippen molar-refractivity contribution in [1.29, 1.82) is 0 Å². The lowest BCUT2D eigenvalue weighted by atomic mass is 9.91. The van der Waals surface area contributed by atoms with Crippen LogP contribution in [0, 0.1) is 11.8 Å². The average Bonchev–Trinajstić information content (AvgIpc) is 2.48. The van der Waals surface area contributed by atoms with E-state index >= 15 is 0 Å². The van der Waals surface area contributed by atoms with Crippen molar-refractivity contribution in [3.63, 3.8) is 0 Å². The Morgan fingerprint density at radius 3 is 2.38 bits per heavy atom. The first-order valence-corrected chi connectivity index (χ1v) is 6.12. The van der Waals surface area contributed by atoms with E-state index in [0.29, 0.717) is 11.8 Å². The summed E-state index contributed by atoms with van der Waals surface area (Å²) < 4.78 is 1.03. The number of aliphatic hydroxyl groups excluding tert-OH is 1. The van der Waals surface area contributed by atoms with Crippen LogP contribution in [0.3, 0.4) is 0 Å². The van der Waals surface area contributed by atoms with Crippen LogP contribution in [0.4, 0.5) is 0 Å². The first-order valence-electron chi connectivity index (χ1n) is 4.45. The van der Waals surface area contributed by atoms with Gasteiger partial charge in [-0.05, 0) is 39.2 Å². The molecule has 0 fully saturated rings. The third-order valence-electron chi connectivity index (χ3n) is 2.46. The fourth-order valence-corrected chi connectivity index (χ4v) is 2.83. The Hall–Kier alpha value is 0.140. The normalized spacial score (nSPS) is 16.2. The highest BCUT2D eigenvalue weighted by Crippen LogP contribution is 2.35. The van der Waals surface area contributed by atoms with Crippen LogP contribution in [-0.2, 0) is 0 Å². The Bertz CT molecular complexity index is 270. The van der Waals surface area contributed by atoms with Gasteiger partial charge >= 0.3 is 0 Å². The van der Waals surface area contributed by atoms with Gasteiger partial charge in [-0.3, -0.25) is 0 Å². The second-order valence-corrected chi connectivity index (χ2v) is 5.48. The van der Waals surface area contributed by atoms with Crippen molar-refractivity contribution in [3.8, 4) is 0 Å². The van der Waals surface area contributed by atoms with Gasteiger partial charge in [0.1, 0.15) is 0 Å². The second kappa shape index (κ2) is 4.58. The average molecular weight is 263 g/mol. The maximum absolute atomic E-state index is 10.0. The molecule has 0 saturated carbocycles. The molecule has 74 valence electrons. The summed E-state index contributed by atoms with van der Waals surface area (Å²) in [6.45, 7) is 6.35. The Morgan fingerprint density at radius 2 is 2.00 bits per heavy atom. The van der Waals surface area contributed by atoms with E-state index in [1.54, 1.807) is 11.3 Å². The molecule has 0 aliphatic carbocycles. The molecule has 0 spiro atoms. The fourth-order valence-electron chi connectivity index (χ4n) is 1.12. The van der Waals surface area contributed by atoms with Crippen molar-refractivity contribution in [2.45, 2.75) is 26.9 Å². The van der Waals surface area contributed by atoms with Crippen LogP contribution in [0.25, 0.3) is 0 Å². The smallest absolute Gasteiger partial charge is 0.0921 e. The molecule has 1 aromatic rings. The number of hydrogen-bond acceptors (Lipinski definition) is 2. The molecule has 1 rings (SSSR count). The van der Waals surface area contributed by atoms with E-state index in [9.17, 15) is 5.11 Å². The van der Waals surface area contributed by atoms with Gasteiger partial charge in [0, 0.05) is 9.35 Å². The van der Waals surface area contributed by atoms with Crippen LogP contribution in [0.5, 0.6) is 0 Å². The van der Waals surface area contributed by atoms with Gasteiger partial charge in [0.05, 0.1) is 6.10 Å². The van der Waals surface area contributed by atoms with Gasteiger partial charge in [0.25, 0.3) is 0 Å². The third kappa shape index (κ3) is 2.55. The number of thiophene rings is 1. The molecule has 0 aliphatic heterocycles. The third-order valence-corrected chi connectivity index (χ3v) is 4.40. The molecule has 3 heteroatoms. The molecule has 1 heterocycles. The molecule has 2 unspecified atom stereocenters. The van der Waals surface area contributed by atoms with Crippen LogP contribution >= 0.6 is 27.3 Å². The first-order chi connectivity index (χ1) is 6.04. The highest BCUT2D eigenvalue weighted by molar-refractivity contribution is 9.10. The van der Waals surface area contributed by atoms with Crippen molar-refractivity contribution in [3.05, 3.63) is 20.8 Å². The summed E-state index contributed by atoms with van der Waals surface area (Å²) in [5.74, 6) is 0.805. The van der Waals surface area contributed by atoms with Gasteiger partial charge in [-0.15, -0.1) is 11.3 Å². The molecule has 1 N–H and O–H groups in total. The Kier molecular flexibility index (Phi) is 3.95. The predicted octanol–water partition coefficient (Wildman–Crippen LogP) is 3.84. The minimum absolute atomic E-state index is 0.301. The molecule has 2 atom stereocenters. The van der Waals surface area contributed by atoms with Crippen molar-refractivity contribution < 1.29 is 5.11 Å². The second-order valence-electron chi connectivity index (χ2n) is 3.68. The first kappa shape index (κ1) is 11.2. The lowest BCUT2D eigenvalue weighted by Gasteiger charge is -2.21. The number of hydrogen-bond donors (Lipinski definition) is 1. The van der Waals surface area contributed by atoms with Crippen LogP contribution in [0.15, 0.2) is 15.9 Å². The predicted molar refractivity (Wildman–Crippen MR) is 61.0 cm³/mol. The van der Waals surface area contributed by atoms with Gasteiger partial charge in [-0.1, -0.05) is 20.8 Å². The molecular formula is C10H15BrOS. The molecule has 13 heavy (non-hydrogen) atoms. The van der Waals surface area contributed by atoms with Gasteiger partial charge < -0.3 is 5.11 Å². The zero-order valence-electron chi connectivity index (χ0n) is 8.12. The maximum Gasteiger partial charge on any atom is 0.0921 e. The van der Waals surface area contributed by atoms with Crippen molar-refractivity contribution >= 4 is 27.3 Å². The van der Waals surface area contributed by atoms with E-state index in [0.717, 1.165) is 9.35 Å². The number of aliphatic hydroxyl groups is 1. The fraction of sp³-hybridized carbons (Fsp3) is 0.600. The molecule has 0 aliphatic rings. The zero-order valence-corrected chi connectivity index (χ0v) is 10.5. The molecule has 0 radical (unpaired) electrons. The highest BCUT2D eigenvalue weighted by atomic mass is 79.9. The summed E-state index contributed by atoms with van der Waals surface area (Å²) in [6, 6.07) is 1.98. The monoisotopic (exact) mass is 262 g/mol. The minimum atomic E-state index is -0.339. The van der Waals surface area contributed by atoms with E-state index < -0.39 is 0 Å². The van der Waals surface area contributed by atoms with Crippen LogP contribution < -0.4 is 0 Å². The largest absolute Gasteiger partial charge is 0.387 e. The van der Waals surface area contributed by atoms with Crippen LogP contribution in [0.2, 0.25) is 0 Å². The molecule has 0 saturated heterocycles. The van der Waals surface area contributed by atoms with Crippen LogP contribution in [-0.4, -0.2) is 5.11 Å². The molecule has 0 aromatic carbocycles. The summed E-state index contributed by atoms with van der Waals surface area (Å²) in [7, 11) is 0. The molecule has 1 nitrogen and oxygen atoms in total. The lowest BCUT2D eigenvalue weighted by Crippen LogP contribution is -2.14. The number of rotatable bonds is 3. The Labute approximate surface area is 91.9 Å². The summed E-state index contributed by atoms with van der Waals surface area (Å²) in [4.78, 5) is 1.04. The van der Waals surface area contributed by atoms with E-state index in [2.05, 4.69) is 36.7 Å². The summed E-state index contributed by atoms with van der Waals surface area (Å²) in [6.07, 6.45) is -0.339. The zero-order chi connectivity index (χ0) is 10.0. The standard InChI is InChI=1S/C10H15BrOS/c1-6(2)7(3)9(12)10-8(11)4-5-13-10/h4-7,9,12H,1-3H3. The lowest BCUT2D eigenvalue weighted by molar-refractivity contribution is 0.0947. The SMILES string of the molecule is CC(C)C(C)C(O)c1sccc1Br. The molecular weight excluding hydrogens is 248 g/mol. The van der Waals surface area contributed by atoms with Crippen molar-refractivity contribution in [1.82, 2.24) is 0 Å². The quantitative estimate of drug-likeness (QED) is 0.878. The van der Waals surface area contributed by atoms with Crippen molar-refractivity contribution in [2.24, 2.45) is 11.8 Å². The molecule has 0 bridgehead atoms. The topological polar surface area (TPSA) is 20.2 Å². The van der Waals surface area contributed by atoms with E-state index in [-0.39, 0.29) is 6.10 Å². The van der Waals surface area contributed by atoms with Crippen LogP contribution in [0.1, 0.15) is 31.8 Å². The van der Waals surface area contributed by atoms with Gasteiger partial charge in [-0.25, -0.2) is 0 Å². The van der Waals surface area contributed by atoms with E-state index in [4.69, 9.17) is 0 Å². The maximum atomic E-state index is 10.0. The minimum Gasteiger partial charge on any atom is -0.387 e. The summed E-state index contributed by atoms with van der Waals surface area (Å²) in [5.41, 5.74) is 0. The molecule has 0 amide bonds. The van der Waals surface area contributed by atoms with Gasteiger partial charge in [-0.2, -0.15) is 0 Å². The van der Waals surface area contributed by atoms with Gasteiger partial charge in [0.2, 0.25) is 0 Å². The van der Waals surface area contributed by atoms with Gasteiger partial charge in [0.15, 0.2) is 0 Å². The Balaban J connectivity index is 2.79. The van der Waals surface area contributed by atoms with E-state index in [1.165, 1.54) is 0 Å². The van der Waals surface area contributed by atoms with Crippen molar-refractivity contribution in [2.75, 3.05) is 0 Å². The van der Waals surface area contributed by atoms with E-state index in [1.807, 2.05) is 11.4 Å². The summed E-state index contributed by atoms with van der Waals surface area (Å²) >= 11 is 5.04. The highest BCUT2D eigenvalue weighted by Gasteiger charge is 2.22. The molecule has 1 aromatic heterocycles.